The summed E-state index contributed by atoms with van der Waals surface area (Å²) in [4.78, 5) is 0. The van der Waals surface area contributed by atoms with Gasteiger partial charge in [-0.2, -0.15) is 5.10 Å². The van der Waals surface area contributed by atoms with E-state index in [9.17, 15) is 5.11 Å². The fourth-order valence-corrected chi connectivity index (χ4v) is 1.56. The van der Waals surface area contributed by atoms with E-state index in [4.69, 9.17) is 5.73 Å². The zero-order valence-electron chi connectivity index (χ0n) is 8.95. The third kappa shape index (κ3) is 2.29. The summed E-state index contributed by atoms with van der Waals surface area (Å²) in [5, 5.41) is 14.0. The van der Waals surface area contributed by atoms with Gasteiger partial charge in [-0.05, 0) is 25.1 Å². The van der Waals surface area contributed by atoms with Crippen LogP contribution in [0.5, 0.6) is 0 Å². The highest BCUT2D eigenvalue weighted by Crippen LogP contribution is 2.16. The van der Waals surface area contributed by atoms with Crippen LogP contribution in [0, 0.1) is 0 Å². The summed E-state index contributed by atoms with van der Waals surface area (Å²) in [5.41, 5.74) is 7.18. The fraction of sp³-hybridized carbons (Fsp3) is 0.250. The quantitative estimate of drug-likeness (QED) is 0.810. The van der Waals surface area contributed by atoms with Crippen molar-refractivity contribution in [2.24, 2.45) is 5.73 Å². The molecule has 0 aliphatic carbocycles. The Morgan fingerprint density at radius 3 is 2.75 bits per heavy atom. The van der Waals surface area contributed by atoms with Crippen LogP contribution in [0.1, 0.15) is 18.1 Å². The molecule has 2 rings (SSSR count). The van der Waals surface area contributed by atoms with Gasteiger partial charge in [0, 0.05) is 11.8 Å². The normalized spacial score (nSPS) is 12.6. The summed E-state index contributed by atoms with van der Waals surface area (Å²) in [6, 6.07) is 9.79. The average molecular weight is 217 g/mol. The minimum atomic E-state index is -0.525. The first-order valence-electron chi connectivity index (χ1n) is 5.29. The topological polar surface area (TPSA) is 64.1 Å². The second-order valence-electron chi connectivity index (χ2n) is 3.65. The molecule has 1 heterocycles. The monoisotopic (exact) mass is 217 g/mol. The predicted molar refractivity (Wildman–Crippen MR) is 62.2 cm³/mol. The van der Waals surface area contributed by atoms with E-state index in [0.29, 0.717) is 13.0 Å². The van der Waals surface area contributed by atoms with Crippen LogP contribution in [0.3, 0.4) is 0 Å². The van der Waals surface area contributed by atoms with Crippen molar-refractivity contribution in [3.63, 3.8) is 0 Å². The molecule has 0 saturated heterocycles. The van der Waals surface area contributed by atoms with Crippen molar-refractivity contribution in [1.29, 1.82) is 0 Å². The van der Waals surface area contributed by atoms with Crippen LogP contribution >= 0.6 is 0 Å². The van der Waals surface area contributed by atoms with Gasteiger partial charge in [0.15, 0.2) is 0 Å². The number of aromatic nitrogens is 2. The zero-order valence-corrected chi connectivity index (χ0v) is 8.95. The Kier molecular flexibility index (Phi) is 3.34. The van der Waals surface area contributed by atoms with Crippen molar-refractivity contribution in [2.75, 3.05) is 6.54 Å². The summed E-state index contributed by atoms with van der Waals surface area (Å²) in [6.07, 6.45) is 3.53. The highest BCUT2D eigenvalue weighted by Gasteiger charge is 2.09. The molecular weight excluding hydrogens is 202 g/mol. The molecule has 4 nitrogen and oxygen atoms in total. The predicted octanol–water partition coefficient (Wildman–Crippen LogP) is 1.25. The minimum Gasteiger partial charge on any atom is -0.388 e. The number of aliphatic hydroxyl groups excluding tert-OH is 1. The van der Waals surface area contributed by atoms with E-state index >= 15 is 0 Å². The van der Waals surface area contributed by atoms with Crippen LogP contribution < -0.4 is 5.73 Å². The molecule has 16 heavy (non-hydrogen) atoms. The van der Waals surface area contributed by atoms with Gasteiger partial charge in [-0.25, -0.2) is 4.68 Å². The van der Waals surface area contributed by atoms with Gasteiger partial charge < -0.3 is 10.8 Å². The summed E-state index contributed by atoms with van der Waals surface area (Å²) in [7, 11) is 0. The SMILES string of the molecule is NCC[C@H](O)c1cnn(-c2ccccc2)c1. The van der Waals surface area contributed by atoms with Crippen molar-refractivity contribution < 1.29 is 5.11 Å². The van der Waals surface area contributed by atoms with E-state index in [1.807, 2.05) is 36.5 Å². The number of rotatable bonds is 4. The zero-order chi connectivity index (χ0) is 11.4. The lowest BCUT2D eigenvalue weighted by atomic mass is 10.1. The molecule has 3 N–H and O–H groups in total. The number of aliphatic hydroxyl groups is 1. The first-order chi connectivity index (χ1) is 7.81. The van der Waals surface area contributed by atoms with Gasteiger partial charge in [-0.15, -0.1) is 0 Å². The minimum absolute atomic E-state index is 0.470. The van der Waals surface area contributed by atoms with Crippen LogP contribution in [-0.4, -0.2) is 21.4 Å². The Bertz CT molecular complexity index is 439. The number of hydrogen-bond donors (Lipinski definition) is 2. The molecule has 1 aromatic heterocycles. The molecule has 0 spiro atoms. The lowest BCUT2D eigenvalue weighted by Gasteiger charge is -2.05. The smallest absolute Gasteiger partial charge is 0.0832 e. The average Bonchev–Trinajstić information content (AvgIpc) is 2.80. The van der Waals surface area contributed by atoms with Crippen LogP contribution in [0.25, 0.3) is 5.69 Å². The molecule has 0 saturated carbocycles. The molecule has 2 aromatic rings. The number of hydrogen-bond acceptors (Lipinski definition) is 3. The van der Waals surface area contributed by atoms with Crippen LogP contribution in [-0.2, 0) is 0 Å². The molecule has 1 atom stereocenters. The summed E-state index contributed by atoms with van der Waals surface area (Å²) < 4.78 is 1.75. The van der Waals surface area contributed by atoms with Crippen molar-refractivity contribution in [3.05, 3.63) is 48.3 Å². The molecular formula is C12H15N3O. The lowest BCUT2D eigenvalue weighted by Crippen LogP contribution is -2.05. The van der Waals surface area contributed by atoms with E-state index in [0.717, 1.165) is 11.3 Å². The highest BCUT2D eigenvalue weighted by atomic mass is 16.3. The Hall–Kier alpha value is -1.65. The fourth-order valence-electron chi connectivity index (χ4n) is 1.56. The first-order valence-corrected chi connectivity index (χ1v) is 5.29. The van der Waals surface area contributed by atoms with Crippen molar-refractivity contribution in [1.82, 2.24) is 9.78 Å². The molecule has 0 aliphatic rings. The van der Waals surface area contributed by atoms with Gasteiger partial charge in [0.25, 0.3) is 0 Å². The standard InChI is InChI=1S/C12H15N3O/c13-7-6-12(16)10-8-14-15(9-10)11-4-2-1-3-5-11/h1-5,8-9,12,16H,6-7,13H2/t12-/m0/s1. The molecule has 4 heteroatoms. The molecule has 0 amide bonds. The number of para-hydroxylation sites is 1. The van der Waals surface area contributed by atoms with Crippen molar-refractivity contribution >= 4 is 0 Å². The number of nitrogens with zero attached hydrogens (tertiary/aromatic N) is 2. The third-order valence-corrected chi connectivity index (χ3v) is 2.45. The van der Waals surface area contributed by atoms with Gasteiger partial charge in [0.2, 0.25) is 0 Å². The van der Waals surface area contributed by atoms with Crippen LogP contribution in [0.2, 0.25) is 0 Å². The Labute approximate surface area is 94.3 Å². The van der Waals surface area contributed by atoms with E-state index < -0.39 is 6.10 Å². The van der Waals surface area contributed by atoms with Gasteiger partial charge in [-0.1, -0.05) is 18.2 Å². The van der Waals surface area contributed by atoms with Gasteiger partial charge in [-0.3, -0.25) is 0 Å². The maximum absolute atomic E-state index is 9.75. The number of benzene rings is 1. The second kappa shape index (κ2) is 4.92. The van der Waals surface area contributed by atoms with Gasteiger partial charge >= 0.3 is 0 Å². The molecule has 0 radical (unpaired) electrons. The Morgan fingerprint density at radius 1 is 1.31 bits per heavy atom. The Morgan fingerprint density at radius 2 is 2.06 bits per heavy atom. The molecule has 0 fully saturated rings. The van der Waals surface area contributed by atoms with Crippen molar-refractivity contribution in [3.8, 4) is 5.69 Å². The molecule has 0 unspecified atom stereocenters. The second-order valence-corrected chi connectivity index (χ2v) is 3.65. The van der Waals surface area contributed by atoms with E-state index in [-0.39, 0.29) is 0 Å². The van der Waals surface area contributed by atoms with E-state index in [1.54, 1.807) is 10.9 Å². The van der Waals surface area contributed by atoms with Gasteiger partial charge in [0.05, 0.1) is 18.0 Å². The summed E-state index contributed by atoms with van der Waals surface area (Å²) in [5.74, 6) is 0. The maximum Gasteiger partial charge on any atom is 0.0832 e. The molecule has 84 valence electrons. The van der Waals surface area contributed by atoms with E-state index in [2.05, 4.69) is 5.10 Å². The largest absolute Gasteiger partial charge is 0.388 e. The summed E-state index contributed by atoms with van der Waals surface area (Å²) in [6.45, 7) is 0.470. The summed E-state index contributed by atoms with van der Waals surface area (Å²) >= 11 is 0. The third-order valence-electron chi connectivity index (χ3n) is 2.45. The number of nitrogens with two attached hydrogens (primary N) is 1. The first kappa shape index (κ1) is 10.9. The van der Waals surface area contributed by atoms with Crippen molar-refractivity contribution in [2.45, 2.75) is 12.5 Å². The molecule has 0 aliphatic heterocycles. The Balaban J connectivity index is 2.20. The van der Waals surface area contributed by atoms with E-state index in [1.165, 1.54) is 0 Å². The maximum atomic E-state index is 9.75. The highest BCUT2D eigenvalue weighted by molar-refractivity contribution is 5.31. The van der Waals surface area contributed by atoms with Gasteiger partial charge in [0.1, 0.15) is 0 Å². The lowest BCUT2D eigenvalue weighted by molar-refractivity contribution is 0.170. The molecule has 0 bridgehead atoms. The molecule has 1 aromatic carbocycles. The van der Waals surface area contributed by atoms with Crippen LogP contribution in [0.4, 0.5) is 0 Å². The van der Waals surface area contributed by atoms with Crippen LogP contribution in [0.15, 0.2) is 42.7 Å².